The Balaban J connectivity index is 1.75. The molecule has 34 heavy (non-hydrogen) atoms. The van der Waals surface area contributed by atoms with E-state index >= 15 is 0 Å². The van der Waals surface area contributed by atoms with Crippen molar-refractivity contribution in [2.24, 2.45) is 5.92 Å². The van der Waals surface area contributed by atoms with E-state index in [2.05, 4.69) is 20.9 Å². The fourth-order valence-corrected chi connectivity index (χ4v) is 4.21. The van der Waals surface area contributed by atoms with Gasteiger partial charge in [-0.15, -0.1) is 0 Å². The van der Waals surface area contributed by atoms with Crippen molar-refractivity contribution in [3.05, 3.63) is 60.3 Å². The highest BCUT2D eigenvalue weighted by molar-refractivity contribution is 6.05. The van der Waals surface area contributed by atoms with Gasteiger partial charge in [-0.05, 0) is 24.6 Å². The Kier molecular flexibility index (Phi) is 5.48. The Morgan fingerprint density at radius 2 is 2.12 bits per heavy atom. The molecule has 2 bridgehead atoms. The Morgan fingerprint density at radius 3 is 2.94 bits per heavy atom. The van der Waals surface area contributed by atoms with E-state index in [4.69, 9.17) is 9.84 Å². The number of nitrogens with one attached hydrogen (secondary N) is 3. The molecule has 5 rings (SSSR count). The van der Waals surface area contributed by atoms with Crippen molar-refractivity contribution in [3.8, 4) is 17.0 Å². The number of pyridine rings is 1. The van der Waals surface area contributed by atoms with Crippen molar-refractivity contribution >= 4 is 28.9 Å². The summed E-state index contributed by atoms with van der Waals surface area (Å²) in [6.45, 7) is 2.21. The van der Waals surface area contributed by atoms with Crippen LogP contribution < -0.4 is 20.7 Å². The molecule has 174 valence electrons. The zero-order chi connectivity index (χ0) is 23.8. The molecule has 9 nitrogen and oxygen atoms in total. The van der Waals surface area contributed by atoms with Crippen LogP contribution in [0, 0.1) is 11.7 Å². The second-order valence-corrected chi connectivity index (χ2v) is 8.19. The van der Waals surface area contributed by atoms with Gasteiger partial charge in [-0.1, -0.05) is 25.1 Å². The molecule has 0 radical (unpaired) electrons. The lowest BCUT2D eigenvalue weighted by atomic mass is 10.1. The molecule has 4 heterocycles. The molecule has 1 aromatic carbocycles. The molecule has 0 spiro atoms. The summed E-state index contributed by atoms with van der Waals surface area (Å²) < 4.78 is 21.4. The molecule has 3 aromatic rings. The predicted octanol–water partition coefficient (Wildman–Crippen LogP) is 3.66. The number of amides is 2. The van der Waals surface area contributed by atoms with Crippen molar-refractivity contribution in [1.82, 2.24) is 20.1 Å². The van der Waals surface area contributed by atoms with Gasteiger partial charge in [0.15, 0.2) is 17.3 Å². The van der Waals surface area contributed by atoms with Gasteiger partial charge >= 0.3 is 0 Å². The molecule has 10 heteroatoms. The Bertz CT molecular complexity index is 1320. The minimum atomic E-state index is -0.542. The van der Waals surface area contributed by atoms with Crippen LogP contribution in [0.1, 0.15) is 29.9 Å². The first-order chi connectivity index (χ1) is 16.5. The summed E-state index contributed by atoms with van der Waals surface area (Å²) in [5.74, 6) is -1.38. The average molecular weight is 462 g/mol. The molecule has 0 saturated carbocycles. The SMILES string of the molecule is COc1c(F)cccc1Nc1c2nn3c1C(=O)NCC3C/C=C/C(C)C(=O)Nc1cnccc1-2. The number of anilines is 3. The lowest BCUT2D eigenvalue weighted by molar-refractivity contribution is -0.118. The number of aromatic nitrogens is 3. The van der Waals surface area contributed by atoms with Gasteiger partial charge in [0, 0.05) is 18.3 Å². The van der Waals surface area contributed by atoms with Gasteiger partial charge in [0.2, 0.25) is 5.91 Å². The van der Waals surface area contributed by atoms with Gasteiger partial charge in [-0.3, -0.25) is 19.3 Å². The molecular weight excluding hydrogens is 439 g/mol. The molecule has 0 fully saturated rings. The fourth-order valence-electron chi connectivity index (χ4n) is 4.21. The highest BCUT2D eigenvalue weighted by Crippen LogP contribution is 2.41. The average Bonchev–Trinajstić information content (AvgIpc) is 3.20. The number of fused-ring (bicyclic) bond motifs is 3. The summed E-state index contributed by atoms with van der Waals surface area (Å²) in [5.41, 5.74) is 2.49. The smallest absolute Gasteiger partial charge is 0.271 e. The number of halogens is 1. The number of rotatable bonds is 3. The molecule has 2 aromatic heterocycles. The van der Waals surface area contributed by atoms with Gasteiger partial charge in [0.25, 0.3) is 5.91 Å². The van der Waals surface area contributed by atoms with E-state index in [9.17, 15) is 14.0 Å². The Hall–Kier alpha value is -4.21. The monoisotopic (exact) mass is 462 g/mol. The first-order valence-electron chi connectivity index (χ1n) is 10.9. The van der Waals surface area contributed by atoms with Gasteiger partial charge in [-0.25, -0.2) is 4.39 Å². The van der Waals surface area contributed by atoms with Crippen LogP contribution >= 0.6 is 0 Å². The number of hydrogen-bond acceptors (Lipinski definition) is 6. The van der Waals surface area contributed by atoms with Crippen molar-refractivity contribution < 1.29 is 18.7 Å². The summed E-state index contributed by atoms with van der Waals surface area (Å²) in [7, 11) is 1.38. The zero-order valence-electron chi connectivity index (χ0n) is 18.6. The largest absolute Gasteiger partial charge is 0.492 e. The second kappa shape index (κ2) is 8.62. The minimum absolute atomic E-state index is 0.0131. The van der Waals surface area contributed by atoms with E-state index in [1.807, 2.05) is 19.1 Å². The molecule has 2 atom stereocenters. The summed E-state index contributed by atoms with van der Waals surface area (Å²) in [6, 6.07) is 6.05. The minimum Gasteiger partial charge on any atom is -0.492 e. The number of nitrogens with zero attached hydrogens (tertiary/aromatic N) is 3. The Morgan fingerprint density at radius 1 is 1.26 bits per heavy atom. The zero-order valence-corrected chi connectivity index (χ0v) is 18.6. The predicted molar refractivity (Wildman–Crippen MR) is 125 cm³/mol. The first-order valence-corrected chi connectivity index (χ1v) is 10.9. The van der Waals surface area contributed by atoms with Crippen molar-refractivity contribution in [2.75, 3.05) is 24.3 Å². The van der Waals surface area contributed by atoms with Gasteiger partial charge in [0.05, 0.1) is 42.3 Å². The summed E-state index contributed by atoms with van der Waals surface area (Å²) in [4.78, 5) is 30.0. The first kappa shape index (κ1) is 21.6. The number of hydrogen-bond donors (Lipinski definition) is 3. The van der Waals surface area contributed by atoms with Crippen LogP contribution in [-0.2, 0) is 4.79 Å². The standard InChI is InChI=1S/C24H23FN6O3/c1-13-5-3-6-14-11-27-24(33)21-20(28-17-8-4-7-16(25)22(17)34-2)19(30-31(14)21)15-9-10-26-12-18(15)29-23(13)32/h3-5,7-10,12-14,28H,6,11H2,1-2H3,(H,27,33)(H,29,32)/b5-3+. The van der Waals surface area contributed by atoms with Crippen LogP contribution in [0.3, 0.4) is 0 Å². The lowest BCUT2D eigenvalue weighted by Crippen LogP contribution is -2.39. The molecule has 0 aliphatic carbocycles. The number of carbonyl (C=O) groups is 2. The van der Waals surface area contributed by atoms with Gasteiger partial charge < -0.3 is 20.7 Å². The van der Waals surface area contributed by atoms with Crippen LogP contribution in [0.2, 0.25) is 0 Å². The van der Waals surface area contributed by atoms with Crippen LogP contribution in [-0.4, -0.2) is 40.2 Å². The van der Waals surface area contributed by atoms with E-state index in [1.54, 1.807) is 29.1 Å². The van der Waals surface area contributed by atoms with Crippen molar-refractivity contribution in [2.45, 2.75) is 19.4 Å². The lowest BCUT2D eigenvalue weighted by Gasteiger charge is -2.24. The van der Waals surface area contributed by atoms with Crippen LogP contribution in [0.15, 0.2) is 48.8 Å². The Labute approximate surface area is 195 Å². The summed E-state index contributed by atoms with van der Waals surface area (Å²) in [5, 5.41) is 13.8. The molecule has 3 N–H and O–H groups in total. The van der Waals surface area contributed by atoms with Gasteiger partial charge in [-0.2, -0.15) is 5.10 Å². The van der Waals surface area contributed by atoms with Crippen LogP contribution in [0.5, 0.6) is 5.75 Å². The summed E-state index contributed by atoms with van der Waals surface area (Å²) >= 11 is 0. The number of para-hydroxylation sites is 1. The highest BCUT2D eigenvalue weighted by Gasteiger charge is 2.33. The number of allylic oxidation sites excluding steroid dienone is 1. The third kappa shape index (κ3) is 3.66. The van der Waals surface area contributed by atoms with E-state index in [0.717, 1.165) is 0 Å². The maximum Gasteiger partial charge on any atom is 0.271 e. The maximum absolute atomic E-state index is 14.4. The van der Waals surface area contributed by atoms with E-state index in [1.165, 1.54) is 19.4 Å². The number of ether oxygens (including phenoxy) is 1. The molecule has 2 aliphatic rings. The normalized spacial score (nSPS) is 20.2. The molecular formula is C24H23FN6O3. The number of benzene rings is 1. The highest BCUT2D eigenvalue weighted by atomic mass is 19.1. The topological polar surface area (TPSA) is 110 Å². The number of methoxy groups -OCH3 is 1. The van der Waals surface area contributed by atoms with Crippen molar-refractivity contribution in [1.29, 1.82) is 0 Å². The quantitative estimate of drug-likeness (QED) is 0.513. The van der Waals surface area contributed by atoms with Crippen LogP contribution in [0.4, 0.5) is 21.5 Å². The molecule has 2 amide bonds. The summed E-state index contributed by atoms with van der Waals surface area (Å²) in [6.07, 6.45) is 7.45. The maximum atomic E-state index is 14.4. The van der Waals surface area contributed by atoms with Crippen LogP contribution in [0.25, 0.3) is 11.3 Å². The molecule has 2 aliphatic heterocycles. The molecule has 0 saturated heterocycles. The van der Waals surface area contributed by atoms with E-state index < -0.39 is 5.82 Å². The molecule has 2 unspecified atom stereocenters. The third-order valence-electron chi connectivity index (χ3n) is 5.98. The third-order valence-corrected chi connectivity index (χ3v) is 5.98. The second-order valence-electron chi connectivity index (χ2n) is 8.19. The van der Waals surface area contributed by atoms with E-state index in [-0.39, 0.29) is 29.5 Å². The fraction of sp³-hybridized carbons (Fsp3) is 0.250. The van der Waals surface area contributed by atoms with Crippen molar-refractivity contribution in [3.63, 3.8) is 0 Å². The number of carbonyl (C=O) groups excluding carboxylic acids is 2. The van der Waals surface area contributed by atoms with E-state index in [0.29, 0.717) is 47.0 Å². The van der Waals surface area contributed by atoms with Gasteiger partial charge in [0.1, 0.15) is 5.69 Å².